The topological polar surface area (TPSA) is 112 Å². The van der Waals surface area contributed by atoms with Gasteiger partial charge >= 0.3 is 0 Å². The number of anilines is 1. The fraction of sp³-hybridized carbons (Fsp3) is 0.167. The molecule has 0 spiro atoms. The third-order valence-corrected chi connectivity index (χ3v) is 4.19. The normalized spacial score (nSPS) is 11.2. The van der Waals surface area contributed by atoms with Crippen LogP contribution in [0.4, 0.5) is 5.69 Å². The number of hydrogen-bond acceptors (Lipinski definition) is 5. The van der Waals surface area contributed by atoms with Gasteiger partial charge in [-0.05, 0) is 30.7 Å². The molecule has 1 aromatic carbocycles. The molecule has 3 aromatic heterocycles. The summed E-state index contributed by atoms with van der Waals surface area (Å²) >= 11 is 0. The molecule has 0 aliphatic rings. The van der Waals surface area contributed by atoms with E-state index < -0.39 is 0 Å². The molecule has 3 heterocycles. The van der Waals surface area contributed by atoms with Crippen LogP contribution in [-0.2, 0) is 0 Å². The van der Waals surface area contributed by atoms with E-state index in [9.17, 15) is 4.79 Å². The molecule has 0 unspecified atom stereocenters. The summed E-state index contributed by atoms with van der Waals surface area (Å²) in [6.45, 7) is 2.30. The van der Waals surface area contributed by atoms with Gasteiger partial charge in [-0.15, -0.1) is 0 Å². The van der Waals surface area contributed by atoms with Crippen LogP contribution in [-0.4, -0.2) is 42.8 Å². The van der Waals surface area contributed by atoms with Gasteiger partial charge < -0.3 is 25.0 Å². The summed E-state index contributed by atoms with van der Waals surface area (Å²) in [4.78, 5) is 27.0. The summed E-state index contributed by atoms with van der Waals surface area (Å²) < 4.78 is 1.91. The van der Waals surface area contributed by atoms with E-state index in [1.165, 1.54) is 0 Å². The van der Waals surface area contributed by atoms with Gasteiger partial charge in [0.1, 0.15) is 11.4 Å². The number of aliphatic hydroxyl groups is 1. The van der Waals surface area contributed by atoms with Crippen molar-refractivity contribution in [2.24, 2.45) is 0 Å². The zero-order chi connectivity index (χ0) is 18.1. The summed E-state index contributed by atoms with van der Waals surface area (Å²) in [5, 5.41) is 12.1. The van der Waals surface area contributed by atoms with Gasteiger partial charge in [0.05, 0.1) is 29.7 Å². The third-order valence-electron chi connectivity index (χ3n) is 4.19. The Bertz CT molecular complexity index is 1110. The molecule has 4 rings (SSSR count). The van der Waals surface area contributed by atoms with E-state index in [2.05, 4.69) is 25.3 Å². The maximum atomic E-state index is 12.4. The first-order valence-electron chi connectivity index (χ1n) is 8.23. The summed E-state index contributed by atoms with van der Waals surface area (Å²) in [6, 6.07) is 5.75. The first-order valence-corrected chi connectivity index (χ1v) is 8.23. The number of nitrogens with one attached hydrogen (secondary N) is 3. The molecule has 0 aliphatic carbocycles. The number of nitrogens with zero attached hydrogens (tertiary/aromatic N) is 3. The van der Waals surface area contributed by atoms with Crippen molar-refractivity contribution in [3.05, 3.63) is 59.0 Å². The number of imidazole rings is 2. The highest BCUT2D eigenvalue weighted by molar-refractivity contribution is 5.86. The fourth-order valence-electron chi connectivity index (χ4n) is 3.00. The number of fused-ring (bicyclic) bond motifs is 1. The minimum absolute atomic E-state index is 0.0280. The van der Waals surface area contributed by atoms with Gasteiger partial charge in [-0.25, -0.2) is 9.97 Å². The number of aliphatic hydroxyl groups excluding tert-OH is 1. The molecule has 4 N–H and O–H groups in total. The number of aromatic nitrogens is 5. The summed E-state index contributed by atoms with van der Waals surface area (Å²) in [5.41, 5.74) is 4.38. The second-order valence-electron chi connectivity index (χ2n) is 5.96. The van der Waals surface area contributed by atoms with Crippen molar-refractivity contribution < 1.29 is 5.11 Å². The molecule has 0 radical (unpaired) electrons. The van der Waals surface area contributed by atoms with E-state index in [0.717, 1.165) is 22.3 Å². The second kappa shape index (κ2) is 6.49. The number of benzene rings is 1. The van der Waals surface area contributed by atoms with Crippen LogP contribution in [0.5, 0.6) is 0 Å². The van der Waals surface area contributed by atoms with Gasteiger partial charge in [-0.2, -0.15) is 0 Å². The highest BCUT2D eigenvalue weighted by Gasteiger charge is 2.15. The predicted octanol–water partition coefficient (Wildman–Crippen LogP) is 1.82. The SMILES string of the molecule is Cc1cc(-n2ccnc2)cc2[nH]c(-c3c(NCCO)cc[nH]c3=O)nc12. The first-order chi connectivity index (χ1) is 12.7. The van der Waals surface area contributed by atoms with Gasteiger partial charge in [-0.1, -0.05) is 0 Å². The van der Waals surface area contributed by atoms with Crippen molar-refractivity contribution in [2.45, 2.75) is 6.92 Å². The van der Waals surface area contributed by atoms with Crippen molar-refractivity contribution in [3.63, 3.8) is 0 Å². The van der Waals surface area contributed by atoms with E-state index in [4.69, 9.17) is 5.11 Å². The lowest BCUT2D eigenvalue weighted by atomic mass is 10.2. The van der Waals surface area contributed by atoms with Gasteiger partial charge in [0.25, 0.3) is 5.56 Å². The maximum absolute atomic E-state index is 12.4. The number of rotatable bonds is 5. The summed E-state index contributed by atoms with van der Waals surface area (Å²) in [7, 11) is 0. The van der Waals surface area contributed by atoms with Gasteiger partial charge in [0.15, 0.2) is 0 Å². The first kappa shape index (κ1) is 16.1. The highest BCUT2D eigenvalue weighted by atomic mass is 16.3. The zero-order valence-electron chi connectivity index (χ0n) is 14.2. The smallest absolute Gasteiger partial charge is 0.261 e. The summed E-state index contributed by atoms with van der Waals surface area (Å²) in [5.74, 6) is 0.480. The Morgan fingerprint density at radius 2 is 2.23 bits per heavy atom. The van der Waals surface area contributed by atoms with Crippen LogP contribution in [0.1, 0.15) is 5.56 Å². The molecule has 0 atom stereocenters. The lowest BCUT2D eigenvalue weighted by Crippen LogP contribution is -2.14. The average molecular weight is 350 g/mol. The van der Waals surface area contributed by atoms with E-state index in [1.54, 1.807) is 24.8 Å². The molecule has 0 amide bonds. The Morgan fingerprint density at radius 1 is 1.35 bits per heavy atom. The molecule has 4 aromatic rings. The number of pyridine rings is 1. The van der Waals surface area contributed by atoms with Gasteiger partial charge in [-0.3, -0.25) is 4.79 Å². The van der Waals surface area contributed by atoms with Crippen molar-refractivity contribution in [2.75, 3.05) is 18.5 Å². The average Bonchev–Trinajstić information content (AvgIpc) is 3.29. The van der Waals surface area contributed by atoms with Crippen molar-refractivity contribution in [3.8, 4) is 17.1 Å². The number of aryl methyl sites for hydroxylation is 1. The molecule has 0 bridgehead atoms. The minimum atomic E-state index is -0.250. The van der Waals surface area contributed by atoms with Crippen LogP contribution in [0.3, 0.4) is 0 Å². The van der Waals surface area contributed by atoms with Crippen LogP contribution in [0, 0.1) is 6.92 Å². The Hall–Kier alpha value is -3.39. The van der Waals surface area contributed by atoms with Crippen LogP contribution in [0.2, 0.25) is 0 Å². The van der Waals surface area contributed by atoms with Crippen molar-refractivity contribution in [1.82, 2.24) is 24.5 Å². The minimum Gasteiger partial charge on any atom is -0.395 e. The third kappa shape index (κ3) is 2.76. The standard InChI is InChI=1S/C18H18N6O2/c1-11-8-12(24-6-4-19-10-24)9-14-16(11)23-17(22-14)15-13(20-5-7-25)2-3-21-18(15)26/h2-4,6,8-10,25H,5,7H2,1H3,(H,22,23)(H2,20,21,26). The monoisotopic (exact) mass is 350 g/mol. The molecule has 0 fully saturated rings. The molecular weight excluding hydrogens is 332 g/mol. The lowest BCUT2D eigenvalue weighted by molar-refractivity contribution is 0.311. The number of aromatic amines is 2. The Balaban J connectivity index is 1.86. The van der Waals surface area contributed by atoms with Gasteiger partial charge in [0, 0.05) is 30.8 Å². The van der Waals surface area contributed by atoms with Crippen LogP contribution in [0.15, 0.2) is 47.9 Å². The van der Waals surface area contributed by atoms with E-state index in [1.807, 2.05) is 29.8 Å². The van der Waals surface area contributed by atoms with Gasteiger partial charge in [0.2, 0.25) is 0 Å². The highest BCUT2D eigenvalue weighted by Crippen LogP contribution is 2.27. The van der Waals surface area contributed by atoms with Crippen LogP contribution in [0.25, 0.3) is 28.1 Å². The quantitative estimate of drug-likeness (QED) is 0.439. The Kier molecular flexibility index (Phi) is 4.02. The Morgan fingerprint density at radius 3 is 3.00 bits per heavy atom. The largest absolute Gasteiger partial charge is 0.395 e. The van der Waals surface area contributed by atoms with E-state index >= 15 is 0 Å². The predicted molar refractivity (Wildman–Crippen MR) is 99.6 cm³/mol. The number of H-pyrrole nitrogens is 2. The van der Waals surface area contributed by atoms with E-state index in [0.29, 0.717) is 23.6 Å². The molecule has 0 aliphatic heterocycles. The zero-order valence-corrected chi connectivity index (χ0v) is 14.2. The molecule has 132 valence electrons. The van der Waals surface area contributed by atoms with E-state index in [-0.39, 0.29) is 12.2 Å². The molecule has 8 nitrogen and oxygen atoms in total. The lowest BCUT2D eigenvalue weighted by Gasteiger charge is -2.07. The van der Waals surface area contributed by atoms with Crippen LogP contribution >= 0.6 is 0 Å². The van der Waals surface area contributed by atoms with Crippen molar-refractivity contribution in [1.29, 1.82) is 0 Å². The van der Waals surface area contributed by atoms with Crippen LogP contribution < -0.4 is 10.9 Å². The molecule has 8 heteroatoms. The number of hydrogen-bond donors (Lipinski definition) is 4. The molecule has 0 saturated carbocycles. The maximum Gasteiger partial charge on any atom is 0.261 e. The fourth-order valence-corrected chi connectivity index (χ4v) is 3.00. The Labute approximate surface area is 148 Å². The molecule has 26 heavy (non-hydrogen) atoms. The molecule has 0 saturated heterocycles. The second-order valence-corrected chi connectivity index (χ2v) is 5.96. The molecular formula is C18H18N6O2. The summed E-state index contributed by atoms with van der Waals surface area (Å²) in [6.07, 6.45) is 6.89. The van der Waals surface area contributed by atoms with Crippen molar-refractivity contribution >= 4 is 16.7 Å².